The molecule has 94 valence electrons. The van der Waals surface area contributed by atoms with Crippen LogP contribution in [0.15, 0.2) is 4.99 Å². The molecule has 0 bridgehead atoms. The van der Waals surface area contributed by atoms with Crippen LogP contribution in [0, 0.1) is 0 Å². The van der Waals surface area contributed by atoms with Crippen molar-refractivity contribution in [1.29, 1.82) is 0 Å². The molecule has 0 amide bonds. The third kappa shape index (κ3) is 3.48. The lowest BCUT2D eigenvalue weighted by atomic mass is 10.2. The van der Waals surface area contributed by atoms with Gasteiger partial charge in [-0.15, -0.1) is 24.0 Å². The van der Waals surface area contributed by atoms with Crippen LogP contribution in [0.3, 0.4) is 0 Å². The molecule has 1 aliphatic carbocycles. The molecule has 3 N–H and O–H groups in total. The minimum absolute atomic E-state index is 0. The summed E-state index contributed by atoms with van der Waals surface area (Å²) in [6.45, 7) is 2.36. The van der Waals surface area contributed by atoms with E-state index in [0.717, 1.165) is 12.6 Å². The van der Waals surface area contributed by atoms with E-state index in [1.165, 1.54) is 38.6 Å². The third-order valence-electron chi connectivity index (χ3n) is 3.65. The Hall–Kier alpha value is -0.0400. The summed E-state index contributed by atoms with van der Waals surface area (Å²) in [7, 11) is 1.73. The van der Waals surface area contributed by atoms with E-state index in [0.29, 0.717) is 12.0 Å². The van der Waals surface area contributed by atoms with E-state index in [1.807, 2.05) is 0 Å². The summed E-state index contributed by atoms with van der Waals surface area (Å²) < 4.78 is 0. The molecule has 0 aromatic rings. The van der Waals surface area contributed by atoms with Gasteiger partial charge in [-0.1, -0.05) is 12.8 Å². The average molecular weight is 338 g/mol. The molecule has 2 aliphatic rings. The zero-order chi connectivity index (χ0) is 10.7. The molecule has 2 fully saturated rings. The van der Waals surface area contributed by atoms with Gasteiger partial charge in [0.05, 0.1) is 0 Å². The summed E-state index contributed by atoms with van der Waals surface area (Å²) in [4.78, 5) is 6.56. The average Bonchev–Trinajstić information content (AvgIpc) is 2.85. The Labute approximate surface area is 115 Å². The fourth-order valence-corrected chi connectivity index (χ4v) is 2.78. The third-order valence-corrected chi connectivity index (χ3v) is 3.65. The van der Waals surface area contributed by atoms with E-state index in [1.54, 1.807) is 7.05 Å². The van der Waals surface area contributed by atoms with Crippen molar-refractivity contribution in [3.05, 3.63) is 0 Å². The van der Waals surface area contributed by atoms with Crippen molar-refractivity contribution < 1.29 is 0 Å². The van der Waals surface area contributed by atoms with Gasteiger partial charge in [-0.25, -0.2) is 0 Å². The summed E-state index contributed by atoms with van der Waals surface area (Å²) >= 11 is 0. The van der Waals surface area contributed by atoms with Gasteiger partial charge in [-0.05, 0) is 19.3 Å². The molecule has 1 heterocycles. The van der Waals surface area contributed by atoms with Crippen LogP contribution < -0.4 is 11.1 Å². The number of hydrogen-bond acceptors (Lipinski definition) is 2. The van der Waals surface area contributed by atoms with Gasteiger partial charge in [0.2, 0.25) is 0 Å². The number of hydrogen-bond donors (Lipinski definition) is 2. The van der Waals surface area contributed by atoms with Gasteiger partial charge < -0.3 is 11.1 Å². The normalized spacial score (nSPS) is 28.1. The van der Waals surface area contributed by atoms with Gasteiger partial charge in [0.1, 0.15) is 0 Å². The molecule has 4 nitrogen and oxygen atoms in total. The zero-order valence-corrected chi connectivity index (χ0v) is 12.3. The minimum Gasteiger partial charge on any atom is -0.370 e. The smallest absolute Gasteiger partial charge is 0.188 e. The Morgan fingerprint density at radius 1 is 1.31 bits per heavy atom. The van der Waals surface area contributed by atoms with Crippen LogP contribution in [0.1, 0.15) is 32.1 Å². The summed E-state index contributed by atoms with van der Waals surface area (Å²) in [5, 5.41) is 3.27. The number of halogens is 1. The summed E-state index contributed by atoms with van der Waals surface area (Å²) in [5.41, 5.74) is 5.67. The van der Waals surface area contributed by atoms with E-state index < -0.39 is 0 Å². The number of nitrogens with zero attached hydrogens (tertiary/aromatic N) is 2. The van der Waals surface area contributed by atoms with E-state index in [2.05, 4.69) is 15.2 Å². The van der Waals surface area contributed by atoms with Crippen molar-refractivity contribution in [3.63, 3.8) is 0 Å². The van der Waals surface area contributed by atoms with Gasteiger partial charge in [0, 0.05) is 32.2 Å². The highest BCUT2D eigenvalue weighted by atomic mass is 127. The molecule has 2 rings (SSSR count). The van der Waals surface area contributed by atoms with E-state index in [-0.39, 0.29) is 24.0 Å². The number of likely N-dealkylation sites (tertiary alicyclic amines) is 1. The largest absolute Gasteiger partial charge is 0.370 e. The lowest BCUT2D eigenvalue weighted by molar-refractivity contribution is 0.242. The molecule has 5 heteroatoms. The second-order valence-corrected chi connectivity index (χ2v) is 4.67. The second-order valence-electron chi connectivity index (χ2n) is 4.67. The fraction of sp³-hybridized carbons (Fsp3) is 0.909. The molecule has 16 heavy (non-hydrogen) atoms. The Morgan fingerprint density at radius 3 is 2.62 bits per heavy atom. The van der Waals surface area contributed by atoms with Crippen LogP contribution in [0.5, 0.6) is 0 Å². The summed E-state index contributed by atoms with van der Waals surface area (Å²) in [5.74, 6) is 0.577. The molecular weight excluding hydrogens is 315 g/mol. The monoisotopic (exact) mass is 338 g/mol. The van der Waals surface area contributed by atoms with Gasteiger partial charge in [-0.2, -0.15) is 0 Å². The van der Waals surface area contributed by atoms with Crippen molar-refractivity contribution in [2.45, 2.75) is 44.2 Å². The highest BCUT2D eigenvalue weighted by Gasteiger charge is 2.29. The number of aliphatic imine (C=N–C) groups is 1. The van der Waals surface area contributed by atoms with Gasteiger partial charge in [-0.3, -0.25) is 9.89 Å². The van der Waals surface area contributed by atoms with Crippen LogP contribution in [0.4, 0.5) is 0 Å². The van der Waals surface area contributed by atoms with Crippen molar-refractivity contribution in [2.75, 3.05) is 20.1 Å². The highest BCUT2D eigenvalue weighted by molar-refractivity contribution is 14.0. The number of nitrogens with two attached hydrogens (primary N) is 1. The Balaban J connectivity index is 0.00000128. The van der Waals surface area contributed by atoms with Crippen molar-refractivity contribution in [3.8, 4) is 0 Å². The quantitative estimate of drug-likeness (QED) is 0.451. The molecule has 1 atom stereocenters. The lowest BCUT2D eigenvalue weighted by Gasteiger charge is -2.23. The summed E-state index contributed by atoms with van der Waals surface area (Å²) in [6, 6.07) is 1.35. The van der Waals surface area contributed by atoms with E-state index >= 15 is 0 Å². The van der Waals surface area contributed by atoms with Gasteiger partial charge >= 0.3 is 0 Å². The Morgan fingerprint density at radius 2 is 2.00 bits per heavy atom. The van der Waals surface area contributed by atoms with Crippen molar-refractivity contribution in [1.82, 2.24) is 10.2 Å². The van der Waals surface area contributed by atoms with Crippen LogP contribution >= 0.6 is 24.0 Å². The van der Waals surface area contributed by atoms with Crippen LogP contribution in [0.25, 0.3) is 0 Å². The molecule has 1 aliphatic heterocycles. The van der Waals surface area contributed by atoms with Crippen molar-refractivity contribution >= 4 is 29.9 Å². The maximum Gasteiger partial charge on any atom is 0.188 e. The first-order chi connectivity index (χ1) is 7.29. The fourth-order valence-electron chi connectivity index (χ4n) is 2.78. The second kappa shape index (κ2) is 6.64. The van der Waals surface area contributed by atoms with Gasteiger partial charge in [0.25, 0.3) is 0 Å². The highest BCUT2D eigenvalue weighted by Crippen LogP contribution is 2.26. The van der Waals surface area contributed by atoms with E-state index in [4.69, 9.17) is 5.73 Å². The molecule has 1 saturated carbocycles. The minimum atomic E-state index is 0. The van der Waals surface area contributed by atoms with Crippen LogP contribution in [-0.4, -0.2) is 43.1 Å². The standard InChI is InChI=1S/C11H22N4.HI/c1-13-11(12)14-9-6-7-15(8-9)10-4-2-3-5-10;/h9-10H,2-8H2,1H3,(H3,12,13,14);1H. The molecule has 1 unspecified atom stereocenters. The zero-order valence-electron chi connectivity index (χ0n) is 9.98. The Kier molecular flexibility index (Phi) is 5.82. The summed E-state index contributed by atoms with van der Waals surface area (Å²) in [6.07, 6.45) is 6.82. The van der Waals surface area contributed by atoms with Crippen molar-refractivity contribution in [2.24, 2.45) is 10.7 Å². The number of nitrogens with one attached hydrogen (secondary N) is 1. The first-order valence-corrected chi connectivity index (χ1v) is 6.02. The predicted octanol–water partition coefficient (Wildman–Crippen LogP) is 1.16. The molecule has 0 aromatic heterocycles. The maximum atomic E-state index is 5.67. The van der Waals surface area contributed by atoms with E-state index in [9.17, 15) is 0 Å². The number of rotatable bonds is 2. The first kappa shape index (κ1) is 14.0. The molecule has 0 radical (unpaired) electrons. The first-order valence-electron chi connectivity index (χ1n) is 6.02. The molecule has 0 spiro atoms. The number of guanidine groups is 1. The van der Waals surface area contributed by atoms with Gasteiger partial charge in [0.15, 0.2) is 5.96 Å². The van der Waals surface area contributed by atoms with Crippen LogP contribution in [0.2, 0.25) is 0 Å². The van der Waals surface area contributed by atoms with Crippen LogP contribution in [-0.2, 0) is 0 Å². The Bertz CT molecular complexity index is 238. The topological polar surface area (TPSA) is 53.6 Å². The predicted molar refractivity (Wildman–Crippen MR) is 78.3 cm³/mol. The molecular formula is C11H23IN4. The maximum absolute atomic E-state index is 5.67. The SMILES string of the molecule is CN=C(N)NC1CCN(C2CCCC2)C1.I. The lowest BCUT2D eigenvalue weighted by Crippen LogP contribution is -2.42. The molecule has 0 aromatic carbocycles. The molecule has 1 saturated heterocycles.